The monoisotopic (exact) mass is 696 g/mol. The van der Waals surface area contributed by atoms with Gasteiger partial charge in [-0.3, -0.25) is 0 Å². The van der Waals surface area contributed by atoms with E-state index in [1.807, 2.05) is 0 Å². The molecular formula is C54H32O. The minimum Gasteiger partial charge on any atom is -0.456 e. The van der Waals surface area contributed by atoms with Crippen LogP contribution in [0.1, 0.15) is 0 Å². The van der Waals surface area contributed by atoms with E-state index in [0.717, 1.165) is 16.6 Å². The van der Waals surface area contributed by atoms with Gasteiger partial charge in [0.1, 0.15) is 11.2 Å². The minimum absolute atomic E-state index is 0.920. The summed E-state index contributed by atoms with van der Waals surface area (Å²) in [5.41, 5.74) is 9.27. The Morgan fingerprint density at radius 3 is 1.38 bits per heavy atom. The zero-order chi connectivity index (χ0) is 36.0. The van der Waals surface area contributed by atoms with Crippen LogP contribution in [0.5, 0.6) is 0 Å². The summed E-state index contributed by atoms with van der Waals surface area (Å²) in [6.07, 6.45) is 0. The lowest BCUT2D eigenvalue weighted by atomic mass is 9.84. The van der Waals surface area contributed by atoms with Crippen LogP contribution in [0.15, 0.2) is 199 Å². The van der Waals surface area contributed by atoms with E-state index in [2.05, 4.69) is 194 Å². The van der Waals surface area contributed by atoms with E-state index >= 15 is 0 Å². The fraction of sp³-hybridized carbons (Fsp3) is 0. The second kappa shape index (κ2) is 11.6. The van der Waals surface area contributed by atoms with Crippen LogP contribution >= 0.6 is 0 Å². The summed E-state index contributed by atoms with van der Waals surface area (Å²) >= 11 is 0. The number of rotatable bonds is 3. The Morgan fingerprint density at radius 1 is 0.236 bits per heavy atom. The van der Waals surface area contributed by atoms with Gasteiger partial charge in [-0.05, 0) is 122 Å². The summed E-state index contributed by atoms with van der Waals surface area (Å²) in [6, 6.07) is 71.0. The van der Waals surface area contributed by atoms with Gasteiger partial charge in [0.15, 0.2) is 0 Å². The summed E-state index contributed by atoms with van der Waals surface area (Å²) in [6.45, 7) is 0. The molecular weight excluding hydrogens is 665 g/mol. The Labute approximate surface area is 317 Å². The van der Waals surface area contributed by atoms with Crippen molar-refractivity contribution >= 4 is 86.6 Å². The van der Waals surface area contributed by atoms with Crippen molar-refractivity contribution in [1.82, 2.24) is 0 Å². The Morgan fingerprint density at radius 2 is 0.709 bits per heavy atom. The number of fused-ring (bicyclic) bond motifs is 13. The highest BCUT2D eigenvalue weighted by Gasteiger charge is 2.19. The van der Waals surface area contributed by atoms with Crippen molar-refractivity contribution in [1.29, 1.82) is 0 Å². The Bertz CT molecular complexity index is 3460. The third-order valence-electron chi connectivity index (χ3n) is 11.8. The Kier molecular flexibility index (Phi) is 6.40. The highest BCUT2D eigenvalue weighted by atomic mass is 16.3. The molecule has 0 atom stereocenters. The zero-order valence-corrected chi connectivity index (χ0v) is 29.9. The topological polar surface area (TPSA) is 13.1 Å². The normalized spacial score (nSPS) is 12.0. The van der Waals surface area contributed by atoms with Crippen LogP contribution < -0.4 is 0 Å². The lowest BCUT2D eigenvalue weighted by Crippen LogP contribution is -1.91. The zero-order valence-electron chi connectivity index (χ0n) is 29.9. The molecule has 0 aliphatic carbocycles. The molecule has 0 fully saturated rings. The maximum absolute atomic E-state index is 6.60. The Hall–Kier alpha value is -7.22. The lowest BCUT2D eigenvalue weighted by Gasteiger charge is -2.19. The van der Waals surface area contributed by atoms with Crippen LogP contribution in [-0.2, 0) is 0 Å². The summed E-state index contributed by atoms with van der Waals surface area (Å²) in [5, 5.41) is 17.3. The molecule has 1 aromatic heterocycles. The number of hydrogen-bond acceptors (Lipinski definition) is 1. The fourth-order valence-electron chi connectivity index (χ4n) is 9.36. The van der Waals surface area contributed by atoms with Gasteiger partial charge in [0.2, 0.25) is 0 Å². The first-order valence-corrected chi connectivity index (χ1v) is 19.0. The number of hydrogen-bond donors (Lipinski definition) is 0. The van der Waals surface area contributed by atoms with Gasteiger partial charge >= 0.3 is 0 Å². The molecule has 12 rings (SSSR count). The molecule has 254 valence electrons. The molecule has 0 bridgehead atoms. The first kappa shape index (κ1) is 30.3. The second-order valence-corrected chi connectivity index (χ2v) is 14.7. The lowest BCUT2D eigenvalue weighted by molar-refractivity contribution is 0.670. The van der Waals surface area contributed by atoms with Crippen LogP contribution in [0.3, 0.4) is 0 Å². The van der Waals surface area contributed by atoms with Gasteiger partial charge in [-0.2, -0.15) is 0 Å². The van der Waals surface area contributed by atoms with E-state index in [4.69, 9.17) is 4.42 Å². The molecule has 12 aromatic rings. The first-order chi connectivity index (χ1) is 27.3. The highest BCUT2D eigenvalue weighted by molar-refractivity contribution is 6.31. The highest BCUT2D eigenvalue weighted by Crippen LogP contribution is 2.47. The van der Waals surface area contributed by atoms with E-state index in [1.54, 1.807) is 0 Å². The summed E-state index contributed by atoms with van der Waals surface area (Å²) in [5.74, 6) is 0. The second-order valence-electron chi connectivity index (χ2n) is 14.7. The van der Waals surface area contributed by atoms with Crippen molar-refractivity contribution < 1.29 is 4.42 Å². The molecule has 0 saturated carbocycles. The summed E-state index contributed by atoms with van der Waals surface area (Å²) in [7, 11) is 0. The average Bonchev–Trinajstić information content (AvgIpc) is 3.63. The van der Waals surface area contributed by atoms with Crippen molar-refractivity contribution in [2.45, 2.75) is 0 Å². The van der Waals surface area contributed by atoms with Gasteiger partial charge in [0.25, 0.3) is 0 Å². The van der Waals surface area contributed by atoms with Crippen molar-refractivity contribution in [2.24, 2.45) is 0 Å². The van der Waals surface area contributed by atoms with Crippen LogP contribution in [0.25, 0.3) is 120 Å². The molecule has 1 heteroatoms. The molecule has 1 heterocycles. The molecule has 0 unspecified atom stereocenters. The van der Waals surface area contributed by atoms with Gasteiger partial charge < -0.3 is 4.42 Å². The smallest absolute Gasteiger partial charge is 0.136 e. The van der Waals surface area contributed by atoms with Crippen LogP contribution in [0.2, 0.25) is 0 Å². The van der Waals surface area contributed by atoms with E-state index in [1.165, 1.54) is 103 Å². The van der Waals surface area contributed by atoms with E-state index in [-0.39, 0.29) is 0 Å². The summed E-state index contributed by atoms with van der Waals surface area (Å²) in [4.78, 5) is 0. The maximum Gasteiger partial charge on any atom is 0.136 e. The average molecular weight is 697 g/mol. The predicted molar refractivity (Wildman–Crippen MR) is 235 cm³/mol. The fourth-order valence-corrected chi connectivity index (χ4v) is 9.36. The van der Waals surface area contributed by atoms with Crippen LogP contribution in [0, 0.1) is 0 Å². The van der Waals surface area contributed by atoms with E-state index < -0.39 is 0 Å². The third kappa shape index (κ3) is 4.48. The molecule has 0 radical (unpaired) electrons. The quantitative estimate of drug-likeness (QED) is 0.132. The number of furan rings is 1. The van der Waals surface area contributed by atoms with Gasteiger partial charge in [-0.25, -0.2) is 0 Å². The van der Waals surface area contributed by atoms with E-state index in [0.29, 0.717) is 0 Å². The van der Waals surface area contributed by atoms with Gasteiger partial charge in [-0.1, -0.05) is 170 Å². The first-order valence-electron chi connectivity index (χ1n) is 19.0. The molecule has 0 aliphatic rings. The van der Waals surface area contributed by atoms with Crippen molar-refractivity contribution in [2.75, 3.05) is 0 Å². The summed E-state index contributed by atoms with van der Waals surface area (Å²) < 4.78 is 6.60. The third-order valence-corrected chi connectivity index (χ3v) is 11.8. The molecule has 55 heavy (non-hydrogen) atoms. The standard InChI is InChI=1S/C54H32O/c1-2-12-33(13-3-1)34-22-24-36(25-23-34)52-42-18-8-10-20-44(42)53(45-21-11-9-19-43(45)52)37-26-28-41-46(30-37)39-16-6-7-17-40(39)47-31-49-51(32-48(41)47)55-50-29-27-35-14-4-5-15-38(35)54(49)50/h1-32H. The molecule has 0 saturated heterocycles. The van der Waals surface area contributed by atoms with Gasteiger partial charge in [0.05, 0.1) is 0 Å². The number of benzene rings is 11. The van der Waals surface area contributed by atoms with Crippen LogP contribution in [0.4, 0.5) is 0 Å². The SMILES string of the molecule is c1ccc(-c2ccc(-c3c4ccccc4c(-c4ccc5c(c4)c4ccccc4c4cc6c(cc54)oc4ccc5ccccc5c46)c4ccccc34)cc2)cc1. The van der Waals surface area contributed by atoms with Gasteiger partial charge in [-0.15, -0.1) is 0 Å². The van der Waals surface area contributed by atoms with Crippen LogP contribution in [-0.4, -0.2) is 0 Å². The van der Waals surface area contributed by atoms with Crippen molar-refractivity contribution in [3.63, 3.8) is 0 Å². The Balaban J connectivity index is 1.11. The molecule has 0 N–H and O–H groups in total. The van der Waals surface area contributed by atoms with Gasteiger partial charge in [0, 0.05) is 10.8 Å². The minimum atomic E-state index is 0.920. The molecule has 0 aliphatic heterocycles. The molecule has 0 amide bonds. The van der Waals surface area contributed by atoms with E-state index in [9.17, 15) is 0 Å². The van der Waals surface area contributed by atoms with Crippen molar-refractivity contribution in [3.8, 4) is 33.4 Å². The van der Waals surface area contributed by atoms with Crippen molar-refractivity contribution in [3.05, 3.63) is 194 Å². The molecule has 11 aromatic carbocycles. The largest absolute Gasteiger partial charge is 0.456 e. The molecule has 1 nitrogen and oxygen atoms in total. The predicted octanol–water partition coefficient (Wildman–Crippen LogP) is 15.5. The maximum atomic E-state index is 6.60. The molecule has 0 spiro atoms.